The maximum atomic E-state index is 6.16. The van der Waals surface area contributed by atoms with Crippen LogP contribution < -0.4 is 4.90 Å². The number of aromatic amines is 1. The first-order valence-corrected chi connectivity index (χ1v) is 9.75. The molecule has 1 aliphatic rings. The monoisotopic (exact) mass is 385 g/mol. The van der Waals surface area contributed by atoms with Gasteiger partial charge in [0.1, 0.15) is 5.52 Å². The molecule has 5 heterocycles. The predicted molar refractivity (Wildman–Crippen MR) is 112 cm³/mol. The van der Waals surface area contributed by atoms with Crippen molar-refractivity contribution in [3.05, 3.63) is 48.3 Å². The molecule has 1 aromatic carbocycles. The number of rotatable bonds is 2. The Kier molecular flexibility index (Phi) is 3.57. The molecule has 7 heteroatoms. The molecule has 6 rings (SSSR count). The Labute approximate surface area is 166 Å². The molecule has 4 aromatic heterocycles. The molecule has 1 saturated heterocycles. The number of ether oxygens (including phenoxy) is 1. The van der Waals surface area contributed by atoms with Gasteiger partial charge in [-0.1, -0.05) is 12.1 Å². The summed E-state index contributed by atoms with van der Waals surface area (Å²) in [6, 6.07) is 12.2. The second-order valence-electron chi connectivity index (χ2n) is 7.30. The van der Waals surface area contributed by atoms with Crippen LogP contribution in [0.25, 0.3) is 44.5 Å². The van der Waals surface area contributed by atoms with Crippen molar-refractivity contribution in [3.8, 4) is 11.4 Å². The number of aromatic nitrogens is 4. The highest BCUT2D eigenvalue weighted by Crippen LogP contribution is 2.36. The van der Waals surface area contributed by atoms with Gasteiger partial charge in [-0.2, -0.15) is 0 Å². The summed E-state index contributed by atoms with van der Waals surface area (Å²) in [6.07, 6.45) is 1.94. The van der Waals surface area contributed by atoms with Crippen LogP contribution in [0.3, 0.4) is 0 Å². The van der Waals surface area contributed by atoms with Crippen LogP contribution >= 0.6 is 0 Å². The quantitative estimate of drug-likeness (QED) is 0.494. The second kappa shape index (κ2) is 6.28. The van der Waals surface area contributed by atoms with E-state index in [-0.39, 0.29) is 0 Å². The molecule has 0 aliphatic carbocycles. The van der Waals surface area contributed by atoms with E-state index >= 15 is 0 Å². The van der Waals surface area contributed by atoms with Gasteiger partial charge in [-0.3, -0.25) is 0 Å². The number of benzene rings is 1. The first-order chi connectivity index (χ1) is 14.3. The first-order valence-electron chi connectivity index (χ1n) is 9.75. The van der Waals surface area contributed by atoms with Crippen LogP contribution in [-0.2, 0) is 4.74 Å². The maximum absolute atomic E-state index is 6.16. The molecule has 1 fully saturated rings. The Morgan fingerprint density at radius 3 is 2.76 bits per heavy atom. The van der Waals surface area contributed by atoms with E-state index in [4.69, 9.17) is 19.1 Å². The molecule has 0 unspecified atom stereocenters. The topological polar surface area (TPSA) is 80.1 Å². The third kappa shape index (κ3) is 2.58. The van der Waals surface area contributed by atoms with Crippen molar-refractivity contribution >= 4 is 38.9 Å². The zero-order valence-corrected chi connectivity index (χ0v) is 16.0. The molecular weight excluding hydrogens is 366 g/mol. The van der Waals surface area contributed by atoms with Gasteiger partial charge in [0.05, 0.1) is 18.6 Å². The van der Waals surface area contributed by atoms with E-state index in [1.807, 2.05) is 31.3 Å². The fraction of sp³-hybridized carbons (Fsp3) is 0.227. The number of nitrogens with zero attached hydrogens (tertiary/aromatic N) is 4. The number of fused-ring (bicyclic) bond motifs is 4. The zero-order valence-electron chi connectivity index (χ0n) is 16.0. The molecule has 0 spiro atoms. The van der Waals surface area contributed by atoms with E-state index in [1.54, 1.807) is 0 Å². The van der Waals surface area contributed by atoms with Gasteiger partial charge in [-0.25, -0.2) is 15.0 Å². The van der Waals surface area contributed by atoms with E-state index in [2.05, 4.69) is 33.1 Å². The minimum atomic E-state index is 0.598. The van der Waals surface area contributed by atoms with Gasteiger partial charge in [0, 0.05) is 41.4 Å². The van der Waals surface area contributed by atoms with Gasteiger partial charge in [0.2, 0.25) is 5.71 Å². The third-order valence-electron chi connectivity index (χ3n) is 5.45. The molecule has 5 aromatic rings. The number of pyridine rings is 1. The molecule has 1 aliphatic heterocycles. The lowest BCUT2D eigenvalue weighted by Gasteiger charge is -2.27. The number of hydrogen-bond donors (Lipinski definition) is 1. The van der Waals surface area contributed by atoms with E-state index in [1.165, 1.54) is 0 Å². The van der Waals surface area contributed by atoms with Crippen LogP contribution in [0.15, 0.2) is 47.0 Å². The van der Waals surface area contributed by atoms with Crippen LogP contribution in [-0.4, -0.2) is 46.2 Å². The van der Waals surface area contributed by atoms with Gasteiger partial charge >= 0.3 is 0 Å². The molecule has 0 atom stereocenters. The zero-order chi connectivity index (χ0) is 19.4. The SMILES string of the molecule is Cc1ccc2c(n1)oc1c(N3CCOCC3)nc(-c3cccc4[nH]ccc34)nc12. The number of morpholine rings is 1. The Morgan fingerprint density at radius 2 is 1.86 bits per heavy atom. The smallest absolute Gasteiger partial charge is 0.229 e. The first kappa shape index (κ1) is 16.5. The molecule has 0 amide bonds. The number of H-pyrrole nitrogens is 1. The highest BCUT2D eigenvalue weighted by Gasteiger charge is 2.23. The minimum Gasteiger partial charge on any atom is -0.432 e. The van der Waals surface area contributed by atoms with Crippen LogP contribution in [0, 0.1) is 6.92 Å². The highest BCUT2D eigenvalue weighted by atomic mass is 16.5. The fourth-order valence-electron chi connectivity index (χ4n) is 3.99. The van der Waals surface area contributed by atoms with Gasteiger partial charge in [-0.15, -0.1) is 0 Å². The summed E-state index contributed by atoms with van der Waals surface area (Å²) in [5.41, 5.74) is 5.05. The van der Waals surface area contributed by atoms with Crippen LogP contribution in [0.1, 0.15) is 5.69 Å². The molecule has 0 saturated carbocycles. The summed E-state index contributed by atoms with van der Waals surface area (Å²) in [4.78, 5) is 19.9. The van der Waals surface area contributed by atoms with E-state index in [0.717, 1.165) is 52.0 Å². The largest absolute Gasteiger partial charge is 0.432 e. The molecule has 0 bridgehead atoms. The van der Waals surface area contributed by atoms with Crippen molar-refractivity contribution < 1.29 is 9.15 Å². The molecule has 144 valence electrons. The lowest BCUT2D eigenvalue weighted by atomic mass is 10.1. The number of hydrogen-bond acceptors (Lipinski definition) is 6. The van der Waals surface area contributed by atoms with Crippen molar-refractivity contribution in [1.82, 2.24) is 19.9 Å². The Bertz CT molecular complexity index is 1360. The molecule has 29 heavy (non-hydrogen) atoms. The Morgan fingerprint density at radius 1 is 0.966 bits per heavy atom. The second-order valence-corrected chi connectivity index (χ2v) is 7.30. The van der Waals surface area contributed by atoms with Crippen molar-refractivity contribution in [2.24, 2.45) is 0 Å². The third-order valence-corrected chi connectivity index (χ3v) is 5.45. The minimum absolute atomic E-state index is 0.598. The van der Waals surface area contributed by atoms with Crippen molar-refractivity contribution in [2.75, 3.05) is 31.2 Å². The molecular formula is C22H19N5O2. The Hall–Kier alpha value is -3.45. The standard InChI is InChI=1S/C22H19N5O2/c1-13-5-6-16-18-19(29-22(16)24-13)21(27-9-11-28-12-10-27)26-20(25-18)15-3-2-4-17-14(15)7-8-23-17/h2-8,23H,9-12H2,1H3. The molecule has 1 N–H and O–H groups in total. The lowest BCUT2D eigenvalue weighted by molar-refractivity contribution is 0.122. The van der Waals surface area contributed by atoms with Crippen LogP contribution in [0.2, 0.25) is 0 Å². The summed E-state index contributed by atoms with van der Waals surface area (Å²) < 4.78 is 11.7. The van der Waals surface area contributed by atoms with E-state index < -0.39 is 0 Å². The Balaban J connectivity index is 1.67. The molecule has 0 radical (unpaired) electrons. The fourth-order valence-corrected chi connectivity index (χ4v) is 3.99. The van der Waals surface area contributed by atoms with E-state index in [0.29, 0.717) is 30.3 Å². The summed E-state index contributed by atoms with van der Waals surface area (Å²) in [5.74, 6) is 1.49. The van der Waals surface area contributed by atoms with E-state index in [9.17, 15) is 0 Å². The predicted octanol–water partition coefficient (Wildman–Crippen LogP) is 4.06. The van der Waals surface area contributed by atoms with Gasteiger partial charge in [-0.05, 0) is 31.2 Å². The van der Waals surface area contributed by atoms with Crippen molar-refractivity contribution in [1.29, 1.82) is 0 Å². The van der Waals surface area contributed by atoms with Gasteiger partial charge in [0.25, 0.3) is 0 Å². The summed E-state index contributed by atoms with van der Waals surface area (Å²) in [7, 11) is 0. The highest BCUT2D eigenvalue weighted by molar-refractivity contribution is 6.06. The number of furan rings is 1. The van der Waals surface area contributed by atoms with Gasteiger partial charge < -0.3 is 19.0 Å². The summed E-state index contributed by atoms with van der Waals surface area (Å²) in [6.45, 7) is 4.84. The van der Waals surface area contributed by atoms with Crippen LogP contribution in [0.5, 0.6) is 0 Å². The summed E-state index contributed by atoms with van der Waals surface area (Å²) in [5, 5.41) is 2.01. The normalized spacial score (nSPS) is 15.0. The number of anilines is 1. The van der Waals surface area contributed by atoms with Crippen molar-refractivity contribution in [3.63, 3.8) is 0 Å². The number of aryl methyl sites for hydroxylation is 1. The number of nitrogens with one attached hydrogen (secondary N) is 1. The average Bonchev–Trinajstić information content (AvgIpc) is 3.37. The lowest BCUT2D eigenvalue weighted by Crippen LogP contribution is -2.37. The maximum Gasteiger partial charge on any atom is 0.229 e. The van der Waals surface area contributed by atoms with Gasteiger partial charge in [0.15, 0.2) is 17.2 Å². The van der Waals surface area contributed by atoms with Crippen molar-refractivity contribution in [2.45, 2.75) is 6.92 Å². The van der Waals surface area contributed by atoms with Crippen LogP contribution in [0.4, 0.5) is 5.82 Å². The molecule has 7 nitrogen and oxygen atoms in total. The average molecular weight is 385 g/mol. The summed E-state index contributed by atoms with van der Waals surface area (Å²) >= 11 is 0.